The third-order valence-electron chi connectivity index (χ3n) is 6.24. The van der Waals surface area contributed by atoms with Crippen LogP contribution >= 0.6 is 13.5 Å². The van der Waals surface area contributed by atoms with Crippen LogP contribution in [0.5, 0.6) is 11.5 Å². The Hall–Kier alpha value is -4.25. The number of anilines is 2. The number of phenolic OH excluding ortho intramolecular Hbond substituents is 1. The van der Waals surface area contributed by atoms with E-state index in [2.05, 4.69) is 28.1 Å². The Morgan fingerprint density at radius 2 is 1.92 bits per heavy atom. The van der Waals surface area contributed by atoms with Crippen molar-refractivity contribution in [3.05, 3.63) is 77.0 Å². The fourth-order valence-corrected chi connectivity index (χ4v) is 4.21. The van der Waals surface area contributed by atoms with Crippen molar-refractivity contribution >= 4 is 43.3 Å². The minimum atomic E-state index is -1.19. The monoisotopic (exact) mass is 552 g/mol. The van der Waals surface area contributed by atoms with Gasteiger partial charge in [-0.15, -0.1) is 0 Å². The Morgan fingerprint density at radius 3 is 2.67 bits per heavy atom. The summed E-state index contributed by atoms with van der Waals surface area (Å²) in [4.78, 5) is 39.7. The summed E-state index contributed by atoms with van der Waals surface area (Å²) in [6.45, 7) is 1.48. The summed E-state index contributed by atoms with van der Waals surface area (Å²) in [5.41, 5.74) is 3.16. The number of aromatic hydroxyl groups is 1. The molecule has 0 aliphatic carbocycles. The SMILES string of the molecule is O=CNc1cc(C(=O)N[C@@H](Cc2ccc(OCCCc3ccc4c(n3)NCCC4)cc2)C(=O)O)ccc1O.S. The van der Waals surface area contributed by atoms with E-state index in [1.54, 1.807) is 24.3 Å². The summed E-state index contributed by atoms with van der Waals surface area (Å²) in [6, 6.07) is 14.0. The zero-order valence-electron chi connectivity index (χ0n) is 21.3. The molecule has 0 unspecified atom stereocenters. The molecule has 2 heterocycles. The highest BCUT2D eigenvalue weighted by Crippen LogP contribution is 2.24. The zero-order valence-corrected chi connectivity index (χ0v) is 22.3. The van der Waals surface area contributed by atoms with Crippen LogP contribution in [0.4, 0.5) is 11.5 Å². The molecule has 1 aromatic heterocycles. The first-order valence-corrected chi connectivity index (χ1v) is 12.4. The average Bonchev–Trinajstić information content (AvgIpc) is 2.92. The maximum Gasteiger partial charge on any atom is 0.326 e. The van der Waals surface area contributed by atoms with Crippen LogP contribution in [0.1, 0.15) is 40.0 Å². The van der Waals surface area contributed by atoms with Gasteiger partial charge in [0.15, 0.2) is 0 Å². The number of carbonyl (C=O) groups is 3. The van der Waals surface area contributed by atoms with Crippen molar-refractivity contribution in [1.29, 1.82) is 0 Å². The van der Waals surface area contributed by atoms with Gasteiger partial charge in [0.2, 0.25) is 6.41 Å². The van der Waals surface area contributed by atoms with Crippen LogP contribution in [0.2, 0.25) is 0 Å². The quantitative estimate of drug-likeness (QED) is 0.131. The lowest BCUT2D eigenvalue weighted by molar-refractivity contribution is -0.139. The number of fused-ring (bicyclic) bond motifs is 1. The van der Waals surface area contributed by atoms with Gasteiger partial charge >= 0.3 is 5.97 Å². The van der Waals surface area contributed by atoms with Crippen LogP contribution < -0.4 is 20.7 Å². The highest BCUT2D eigenvalue weighted by molar-refractivity contribution is 7.59. The van der Waals surface area contributed by atoms with Gasteiger partial charge in [-0.25, -0.2) is 9.78 Å². The molecule has 3 aromatic rings. The molecule has 39 heavy (non-hydrogen) atoms. The van der Waals surface area contributed by atoms with Crippen LogP contribution in [-0.4, -0.2) is 52.7 Å². The van der Waals surface area contributed by atoms with Crippen LogP contribution in [0.25, 0.3) is 0 Å². The number of hydrogen-bond acceptors (Lipinski definition) is 7. The molecule has 0 saturated carbocycles. The van der Waals surface area contributed by atoms with Gasteiger partial charge in [-0.1, -0.05) is 18.2 Å². The molecule has 0 saturated heterocycles. The topological polar surface area (TPSA) is 150 Å². The number of carboxylic acids is 1. The van der Waals surface area contributed by atoms with Crippen LogP contribution in [0.3, 0.4) is 0 Å². The van der Waals surface area contributed by atoms with E-state index in [1.807, 2.05) is 0 Å². The van der Waals surface area contributed by atoms with E-state index in [0.29, 0.717) is 24.3 Å². The van der Waals surface area contributed by atoms with Gasteiger partial charge in [-0.05, 0) is 73.2 Å². The van der Waals surface area contributed by atoms with Gasteiger partial charge < -0.3 is 30.9 Å². The Bertz CT molecular complexity index is 1300. The molecule has 2 aromatic carbocycles. The number of phenols is 1. The normalized spacial score (nSPS) is 12.6. The Kier molecular flexibility index (Phi) is 10.6. The molecular weight excluding hydrogens is 520 g/mol. The number of benzene rings is 2. The van der Waals surface area contributed by atoms with E-state index in [1.165, 1.54) is 23.8 Å². The summed E-state index contributed by atoms with van der Waals surface area (Å²) in [6.07, 6.45) is 4.25. The first-order valence-electron chi connectivity index (χ1n) is 12.4. The zero-order chi connectivity index (χ0) is 26.9. The lowest BCUT2D eigenvalue weighted by Gasteiger charge is -2.17. The second-order valence-corrected chi connectivity index (χ2v) is 9.00. The number of aliphatic carboxylic acids is 1. The molecule has 2 amide bonds. The van der Waals surface area contributed by atoms with Crippen molar-refractivity contribution in [2.45, 2.75) is 38.1 Å². The number of ether oxygens (including phenoxy) is 1. The molecule has 0 fully saturated rings. The molecule has 11 heteroatoms. The van der Waals surface area contributed by atoms with Gasteiger partial charge in [0, 0.05) is 24.2 Å². The van der Waals surface area contributed by atoms with Gasteiger partial charge in [0.25, 0.3) is 5.91 Å². The van der Waals surface area contributed by atoms with E-state index in [0.717, 1.165) is 43.7 Å². The highest BCUT2D eigenvalue weighted by atomic mass is 32.1. The molecule has 10 nitrogen and oxygen atoms in total. The molecule has 0 bridgehead atoms. The number of carbonyl (C=O) groups excluding carboxylic acids is 2. The third kappa shape index (κ3) is 8.11. The van der Waals surface area contributed by atoms with E-state index in [9.17, 15) is 24.6 Å². The lowest BCUT2D eigenvalue weighted by atomic mass is 10.0. The predicted molar refractivity (Wildman–Crippen MR) is 152 cm³/mol. The number of hydrogen-bond donors (Lipinski definition) is 5. The Morgan fingerprint density at radius 1 is 1.13 bits per heavy atom. The van der Waals surface area contributed by atoms with Crippen LogP contribution in [0.15, 0.2) is 54.6 Å². The number of nitrogens with zero attached hydrogens (tertiary/aromatic N) is 1. The van der Waals surface area contributed by atoms with E-state index in [4.69, 9.17) is 9.72 Å². The second-order valence-electron chi connectivity index (χ2n) is 9.00. The molecule has 206 valence electrons. The smallest absolute Gasteiger partial charge is 0.326 e. The van der Waals surface area contributed by atoms with Gasteiger partial charge in [0.1, 0.15) is 23.4 Å². The van der Waals surface area contributed by atoms with Gasteiger partial charge in [-0.2, -0.15) is 13.5 Å². The highest BCUT2D eigenvalue weighted by Gasteiger charge is 2.22. The number of rotatable bonds is 12. The fourth-order valence-electron chi connectivity index (χ4n) is 4.21. The van der Waals surface area contributed by atoms with Crippen molar-refractivity contribution in [2.75, 3.05) is 23.8 Å². The lowest BCUT2D eigenvalue weighted by Crippen LogP contribution is -2.42. The number of aryl methyl sites for hydroxylation is 2. The summed E-state index contributed by atoms with van der Waals surface area (Å²) in [5.74, 6) is -0.378. The van der Waals surface area contributed by atoms with Gasteiger partial charge in [0.05, 0.1) is 12.3 Å². The summed E-state index contributed by atoms with van der Waals surface area (Å²) in [5, 5.41) is 27.5. The van der Waals surface area contributed by atoms with Crippen molar-refractivity contribution < 1.29 is 29.3 Å². The van der Waals surface area contributed by atoms with E-state index >= 15 is 0 Å². The van der Waals surface area contributed by atoms with Crippen LogP contribution in [-0.2, 0) is 28.9 Å². The fraction of sp³-hybridized carbons (Fsp3) is 0.286. The molecular formula is C28H32N4O6S. The second kappa shape index (κ2) is 14.1. The molecule has 0 radical (unpaired) electrons. The number of carboxylic acid groups (broad SMARTS) is 1. The summed E-state index contributed by atoms with van der Waals surface area (Å²) < 4.78 is 5.83. The Balaban J connectivity index is 0.00000420. The third-order valence-corrected chi connectivity index (χ3v) is 6.24. The van der Waals surface area contributed by atoms with Crippen molar-refractivity contribution in [3.63, 3.8) is 0 Å². The van der Waals surface area contributed by atoms with E-state index < -0.39 is 17.9 Å². The Labute approximate surface area is 233 Å². The minimum Gasteiger partial charge on any atom is -0.506 e. The number of amides is 2. The summed E-state index contributed by atoms with van der Waals surface area (Å²) in [7, 11) is 0. The molecule has 1 aliphatic heterocycles. The number of nitrogens with one attached hydrogen (secondary N) is 3. The number of pyridine rings is 1. The molecule has 1 aliphatic rings. The maximum absolute atomic E-state index is 12.6. The van der Waals surface area contributed by atoms with Gasteiger partial charge in [-0.3, -0.25) is 9.59 Å². The first-order chi connectivity index (χ1) is 18.4. The maximum atomic E-state index is 12.6. The van der Waals surface area contributed by atoms with Crippen molar-refractivity contribution in [3.8, 4) is 11.5 Å². The predicted octanol–water partition coefficient (Wildman–Crippen LogP) is 3.26. The van der Waals surface area contributed by atoms with Crippen molar-refractivity contribution in [2.24, 2.45) is 0 Å². The molecule has 5 N–H and O–H groups in total. The van der Waals surface area contributed by atoms with Crippen molar-refractivity contribution in [1.82, 2.24) is 10.3 Å². The summed E-state index contributed by atoms with van der Waals surface area (Å²) >= 11 is 0. The van der Waals surface area contributed by atoms with E-state index in [-0.39, 0.29) is 36.9 Å². The molecule has 1 atom stereocenters. The largest absolute Gasteiger partial charge is 0.506 e. The molecule has 4 rings (SSSR count). The number of aromatic nitrogens is 1. The first kappa shape index (κ1) is 29.3. The average molecular weight is 553 g/mol. The standard InChI is InChI=1S/C28H30N4O6.H2S/c33-17-30-23-16-20(8-12-25(23)34)27(35)32-24(28(36)37)15-18-5-10-22(11-6-18)38-14-2-4-21-9-7-19-3-1-13-29-26(19)31-21;/h5-12,16-17,24,34H,1-4,13-15H2,(H,29,31)(H,30,33)(H,32,35)(H,36,37);1H2/t24-;/m0./s1. The molecule has 0 spiro atoms. The van der Waals surface area contributed by atoms with Crippen LogP contribution in [0, 0.1) is 0 Å². The minimum absolute atomic E-state index is 0.